The van der Waals surface area contributed by atoms with Crippen LogP contribution in [0.5, 0.6) is 0 Å². The predicted octanol–water partition coefficient (Wildman–Crippen LogP) is 0.691. The normalized spacial score (nSPS) is 15.4. The van der Waals surface area contributed by atoms with E-state index in [9.17, 15) is 14.4 Å². The summed E-state index contributed by atoms with van der Waals surface area (Å²) in [7, 11) is 1.86. The van der Waals surface area contributed by atoms with Gasteiger partial charge in [0.05, 0.1) is 10.2 Å². The molecule has 2 aromatic rings. The number of carbonyl (C=O) groups is 3. The van der Waals surface area contributed by atoms with Crippen molar-refractivity contribution in [1.29, 1.82) is 0 Å². The average Bonchev–Trinajstić information content (AvgIpc) is 3.02. The number of aryl methyl sites for hydroxylation is 1. The number of rotatable bonds is 2. The molecule has 24 heavy (non-hydrogen) atoms. The minimum Gasteiger partial charge on any atom is -0.319 e. The first-order valence-electron chi connectivity index (χ1n) is 7.22. The highest BCUT2D eigenvalue weighted by molar-refractivity contribution is 7.80. The predicted molar refractivity (Wildman–Crippen MR) is 93.1 cm³/mol. The first kappa shape index (κ1) is 16.5. The highest BCUT2D eigenvalue weighted by Crippen LogP contribution is 2.15. The van der Waals surface area contributed by atoms with Crippen LogP contribution in [0, 0.1) is 0 Å². The lowest BCUT2D eigenvalue weighted by molar-refractivity contribution is -0.142. The van der Waals surface area contributed by atoms with E-state index < -0.39 is 5.91 Å². The number of benzene rings is 1. The molecule has 9 heteroatoms. The summed E-state index contributed by atoms with van der Waals surface area (Å²) >= 11 is 6.53. The third-order valence-electron chi connectivity index (χ3n) is 3.61. The van der Waals surface area contributed by atoms with Gasteiger partial charge in [-0.3, -0.25) is 24.6 Å². The lowest BCUT2D eigenvalue weighted by Crippen LogP contribution is -2.41. The number of fused-ring (bicyclic) bond motifs is 1. The van der Waals surface area contributed by atoms with Crippen molar-refractivity contribution in [3.63, 3.8) is 0 Å². The summed E-state index contributed by atoms with van der Waals surface area (Å²) in [4.78, 5) is 40.8. The molecule has 0 unspecified atom stereocenters. The van der Waals surface area contributed by atoms with Gasteiger partial charge in [-0.25, -0.2) is 0 Å². The van der Waals surface area contributed by atoms with Crippen molar-refractivity contribution in [1.82, 2.24) is 14.8 Å². The van der Waals surface area contributed by atoms with Crippen molar-refractivity contribution in [2.24, 2.45) is 12.0 Å². The second-order valence-electron chi connectivity index (χ2n) is 5.25. The molecule has 1 aromatic carbocycles. The van der Waals surface area contributed by atoms with Gasteiger partial charge in [0.2, 0.25) is 22.8 Å². The molecule has 0 atom stereocenters. The first-order chi connectivity index (χ1) is 11.5. The number of thiocarbonyl (C=S) groups is 1. The van der Waals surface area contributed by atoms with Crippen LogP contribution in [0.2, 0.25) is 0 Å². The number of amides is 3. The zero-order valence-electron chi connectivity index (χ0n) is 12.8. The van der Waals surface area contributed by atoms with Gasteiger partial charge in [0.15, 0.2) is 4.80 Å². The van der Waals surface area contributed by atoms with Gasteiger partial charge in [-0.05, 0) is 24.4 Å². The smallest absolute Gasteiger partial charge is 0.246 e. The molecule has 3 amide bonds. The Kier molecular flexibility index (Phi) is 4.54. The van der Waals surface area contributed by atoms with E-state index in [1.165, 1.54) is 11.3 Å². The SMILES string of the molecule is Cn1c(=NC(=S)NC(=O)CN2C(=O)CCC2=O)sc2ccccc21. The third-order valence-corrected chi connectivity index (χ3v) is 4.92. The summed E-state index contributed by atoms with van der Waals surface area (Å²) in [6.07, 6.45) is 0.303. The lowest BCUT2D eigenvalue weighted by atomic mass is 10.3. The maximum atomic E-state index is 11.9. The van der Waals surface area contributed by atoms with Crippen LogP contribution < -0.4 is 10.1 Å². The van der Waals surface area contributed by atoms with Crippen molar-refractivity contribution >= 4 is 56.6 Å². The average molecular weight is 362 g/mol. The van der Waals surface area contributed by atoms with E-state index in [-0.39, 0.29) is 36.3 Å². The van der Waals surface area contributed by atoms with E-state index in [4.69, 9.17) is 12.2 Å². The fourth-order valence-corrected chi connectivity index (χ4v) is 3.69. The monoisotopic (exact) mass is 362 g/mol. The topological polar surface area (TPSA) is 83.8 Å². The molecule has 124 valence electrons. The molecule has 2 heterocycles. The summed E-state index contributed by atoms with van der Waals surface area (Å²) in [5.41, 5.74) is 1.02. The second kappa shape index (κ2) is 6.62. The van der Waals surface area contributed by atoms with Crippen molar-refractivity contribution in [3.8, 4) is 0 Å². The third kappa shape index (κ3) is 3.26. The van der Waals surface area contributed by atoms with Crippen LogP contribution in [0.4, 0.5) is 0 Å². The number of carbonyl (C=O) groups excluding carboxylic acids is 3. The fourth-order valence-electron chi connectivity index (χ4n) is 2.40. The highest BCUT2D eigenvalue weighted by atomic mass is 32.1. The Labute approximate surface area is 146 Å². The van der Waals surface area contributed by atoms with Crippen LogP contribution in [0.25, 0.3) is 10.2 Å². The van der Waals surface area contributed by atoms with Gasteiger partial charge in [-0.1, -0.05) is 23.5 Å². The number of para-hydroxylation sites is 1. The molecule has 0 saturated carbocycles. The molecule has 1 aliphatic heterocycles. The summed E-state index contributed by atoms with van der Waals surface area (Å²) in [5.74, 6) is -1.21. The number of likely N-dealkylation sites (tertiary alicyclic amines) is 1. The van der Waals surface area contributed by atoms with Gasteiger partial charge in [0.25, 0.3) is 0 Å². The van der Waals surface area contributed by atoms with Gasteiger partial charge >= 0.3 is 0 Å². The van der Waals surface area contributed by atoms with Crippen LogP contribution in [0.15, 0.2) is 29.3 Å². The Balaban J connectivity index is 1.72. The largest absolute Gasteiger partial charge is 0.319 e. The first-order valence-corrected chi connectivity index (χ1v) is 8.44. The van der Waals surface area contributed by atoms with Crippen LogP contribution >= 0.6 is 23.6 Å². The van der Waals surface area contributed by atoms with Crippen LogP contribution in [0.1, 0.15) is 12.8 Å². The van der Waals surface area contributed by atoms with E-state index in [1.54, 1.807) is 0 Å². The molecule has 0 bridgehead atoms. The molecule has 7 nitrogen and oxygen atoms in total. The Morgan fingerprint density at radius 1 is 1.29 bits per heavy atom. The fraction of sp³-hybridized carbons (Fsp3) is 0.267. The van der Waals surface area contributed by atoms with Gasteiger partial charge in [-0.15, -0.1) is 0 Å². The van der Waals surface area contributed by atoms with E-state index in [0.717, 1.165) is 15.1 Å². The number of imide groups is 1. The number of aromatic nitrogens is 1. The van der Waals surface area contributed by atoms with Gasteiger partial charge in [0.1, 0.15) is 6.54 Å². The zero-order valence-corrected chi connectivity index (χ0v) is 14.4. The molecule has 0 aliphatic carbocycles. The van der Waals surface area contributed by atoms with Crippen molar-refractivity contribution in [2.75, 3.05) is 6.54 Å². The Bertz CT molecular complexity index is 912. The van der Waals surface area contributed by atoms with Crippen molar-refractivity contribution in [3.05, 3.63) is 29.1 Å². The number of hydrogen-bond acceptors (Lipinski definition) is 5. The number of thiazole rings is 1. The maximum Gasteiger partial charge on any atom is 0.246 e. The molecular formula is C15H14N4O3S2. The van der Waals surface area contributed by atoms with Crippen molar-refractivity contribution < 1.29 is 14.4 Å². The van der Waals surface area contributed by atoms with Gasteiger partial charge in [-0.2, -0.15) is 4.99 Å². The summed E-state index contributed by atoms with van der Waals surface area (Å²) in [6, 6.07) is 7.82. The minimum atomic E-state index is -0.531. The summed E-state index contributed by atoms with van der Waals surface area (Å²) in [6.45, 7) is -0.328. The van der Waals surface area contributed by atoms with Gasteiger partial charge < -0.3 is 4.57 Å². The van der Waals surface area contributed by atoms with E-state index in [2.05, 4.69) is 10.3 Å². The number of hydrogen-bond donors (Lipinski definition) is 1. The molecule has 1 N–H and O–H groups in total. The molecular weight excluding hydrogens is 348 g/mol. The molecule has 0 spiro atoms. The molecule has 0 radical (unpaired) electrons. The van der Waals surface area contributed by atoms with E-state index in [1.807, 2.05) is 35.9 Å². The maximum absolute atomic E-state index is 11.9. The van der Waals surface area contributed by atoms with Crippen LogP contribution in [0.3, 0.4) is 0 Å². The summed E-state index contributed by atoms with van der Waals surface area (Å²) < 4.78 is 2.94. The van der Waals surface area contributed by atoms with Gasteiger partial charge in [0, 0.05) is 19.9 Å². The Hall–Kier alpha value is -2.39. The van der Waals surface area contributed by atoms with Crippen LogP contribution in [-0.4, -0.2) is 38.8 Å². The molecule has 1 aliphatic rings. The standard InChI is InChI=1S/C15H14N4O3S2/c1-18-9-4-2-3-5-10(9)24-15(18)17-14(23)16-11(20)8-19-12(21)6-7-13(19)22/h2-5H,6-8H2,1H3,(H,16,20,23). The highest BCUT2D eigenvalue weighted by Gasteiger charge is 2.30. The molecule has 3 rings (SSSR count). The lowest BCUT2D eigenvalue weighted by Gasteiger charge is -2.12. The quantitative estimate of drug-likeness (QED) is 0.629. The Morgan fingerprint density at radius 3 is 2.62 bits per heavy atom. The number of nitrogens with one attached hydrogen (secondary N) is 1. The van der Waals surface area contributed by atoms with E-state index >= 15 is 0 Å². The molecule has 1 aromatic heterocycles. The number of nitrogens with zero attached hydrogens (tertiary/aromatic N) is 3. The second-order valence-corrected chi connectivity index (χ2v) is 6.65. The zero-order chi connectivity index (χ0) is 17.3. The van der Waals surface area contributed by atoms with Crippen molar-refractivity contribution in [2.45, 2.75) is 12.8 Å². The summed E-state index contributed by atoms with van der Waals surface area (Å²) in [5, 5.41) is 2.44. The van der Waals surface area contributed by atoms with E-state index in [0.29, 0.717) is 4.80 Å². The molecule has 1 fully saturated rings. The minimum absolute atomic E-state index is 0.00116. The Morgan fingerprint density at radius 2 is 1.96 bits per heavy atom. The van der Waals surface area contributed by atoms with Crippen LogP contribution in [-0.2, 0) is 21.4 Å². The molecule has 1 saturated heterocycles.